The predicted molar refractivity (Wildman–Crippen MR) is 74.6 cm³/mol. The van der Waals surface area contributed by atoms with E-state index in [1.807, 2.05) is 12.1 Å². The van der Waals surface area contributed by atoms with Crippen LogP contribution >= 0.6 is 24.0 Å². The standard InChI is InChI=1S/C12H15ClN2O2.ClH/c13-10-3-1-2-4-11(10)15-12(16)7-9-8-14-5-6-17-9;/h1-4,9,14H,5-8H2,(H,15,16);1H. The molecule has 6 heteroatoms. The molecule has 1 aliphatic rings. The topological polar surface area (TPSA) is 50.4 Å². The second-order valence-corrected chi connectivity index (χ2v) is 4.34. The summed E-state index contributed by atoms with van der Waals surface area (Å²) in [4.78, 5) is 11.8. The van der Waals surface area contributed by atoms with Crippen molar-refractivity contribution in [2.75, 3.05) is 25.0 Å². The number of benzene rings is 1. The van der Waals surface area contributed by atoms with Gasteiger partial charge in [-0.15, -0.1) is 12.4 Å². The molecule has 0 spiro atoms. The first-order valence-corrected chi connectivity index (χ1v) is 6.00. The number of anilines is 1. The van der Waals surface area contributed by atoms with E-state index in [2.05, 4.69) is 10.6 Å². The molecule has 18 heavy (non-hydrogen) atoms. The Hall–Kier alpha value is -0.810. The first-order chi connectivity index (χ1) is 8.25. The number of para-hydroxylation sites is 1. The minimum Gasteiger partial charge on any atom is -0.375 e. The zero-order chi connectivity index (χ0) is 12.1. The van der Waals surface area contributed by atoms with E-state index in [0.29, 0.717) is 23.7 Å². The van der Waals surface area contributed by atoms with Crippen LogP contribution in [-0.4, -0.2) is 31.7 Å². The monoisotopic (exact) mass is 290 g/mol. The summed E-state index contributed by atoms with van der Waals surface area (Å²) in [6, 6.07) is 7.18. The van der Waals surface area contributed by atoms with Crippen LogP contribution in [0.5, 0.6) is 0 Å². The number of carbonyl (C=O) groups is 1. The maximum atomic E-state index is 11.8. The number of morpholine rings is 1. The lowest BCUT2D eigenvalue weighted by Crippen LogP contribution is -2.40. The smallest absolute Gasteiger partial charge is 0.227 e. The first kappa shape index (κ1) is 15.2. The van der Waals surface area contributed by atoms with Gasteiger partial charge < -0.3 is 15.4 Å². The van der Waals surface area contributed by atoms with E-state index in [-0.39, 0.29) is 24.4 Å². The van der Waals surface area contributed by atoms with Gasteiger partial charge in [0.25, 0.3) is 0 Å². The molecule has 1 heterocycles. The maximum absolute atomic E-state index is 11.8. The quantitative estimate of drug-likeness (QED) is 0.896. The van der Waals surface area contributed by atoms with Crippen LogP contribution in [-0.2, 0) is 9.53 Å². The molecule has 1 amide bonds. The van der Waals surface area contributed by atoms with Gasteiger partial charge in [0, 0.05) is 13.1 Å². The highest BCUT2D eigenvalue weighted by Crippen LogP contribution is 2.20. The van der Waals surface area contributed by atoms with E-state index >= 15 is 0 Å². The number of amides is 1. The summed E-state index contributed by atoms with van der Waals surface area (Å²) in [5, 5.41) is 6.51. The molecule has 0 saturated carbocycles. The van der Waals surface area contributed by atoms with Crippen molar-refractivity contribution in [3.05, 3.63) is 29.3 Å². The Balaban J connectivity index is 0.00000162. The van der Waals surface area contributed by atoms with Crippen LogP contribution in [0.15, 0.2) is 24.3 Å². The normalized spacial score (nSPS) is 18.8. The molecule has 0 aromatic heterocycles. The molecule has 1 aliphatic heterocycles. The molecule has 1 fully saturated rings. The summed E-state index contributed by atoms with van der Waals surface area (Å²) in [7, 11) is 0. The average Bonchev–Trinajstić information content (AvgIpc) is 2.33. The molecule has 1 atom stereocenters. The van der Waals surface area contributed by atoms with Crippen LogP contribution in [0.25, 0.3) is 0 Å². The van der Waals surface area contributed by atoms with Crippen molar-refractivity contribution in [2.45, 2.75) is 12.5 Å². The zero-order valence-corrected chi connectivity index (χ0v) is 11.4. The molecular formula is C12H16Cl2N2O2. The molecule has 2 N–H and O–H groups in total. The molecule has 2 rings (SSSR count). The van der Waals surface area contributed by atoms with Gasteiger partial charge in [0.15, 0.2) is 0 Å². The molecule has 1 aromatic rings. The molecule has 1 aromatic carbocycles. The Kier molecular flexibility index (Phi) is 6.43. The number of hydrogen-bond acceptors (Lipinski definition) is 3. The number of carbonyl (C=O) groups excluding carboxylic acids is 1. The van der Waals surface area contributed by atoms with Crippen molar-refractivity contribution in [1.82, 2.24) is 5.32 Å². The fourth-order valence-electron chi connectivity index (χ4n) is 1.72. The van der Waals surface area contributed by atoms with E-state index < -0.39 is 0 Å². The van der Waals surface area contributed by atoms with Crippen molar-refractivity contribution < 1.29 is 9.53 Å². The van der Waals surface area contributed by atoms with Gasteiger partial charge in [0.05, 0.1) is 29.8 Å². The van der Waals surface area contributed by atoms with Gasteiger partial charge in [-0.3, -0.25) is 4.79 Å². The molecule has 4 nitrogen and oxygen atoms in total. The summed E-state index contributed by atoms with van der Waals surface area (Å²) in [6.07, 6.45) is 0.296. The molecule has 0 bridgehead atoms. The summed E-state index contributed by atoms with van der Waals surface area (Å²) in [6.45, 7) is 2.22. The molecule has 1 saturated heterocycles. The predicted octanol–water partition coefficient (Wildman–Crippen LogP) is 2.08. The molecule has 1 unspecified atom stereocenters. The zero-order valence-electron chi connectivity index (χ0n) is 9.82. The van der Waals surface area contributed by atoms with Crippen molar-refractivity contribution in [3.8, 4) is 0 Å². The summed E-state index contributed by atoms with van der Waals surface area (Å²) in [5.74, 6) is -0.0770. The fraction of sp³-hybridized carbons (Fsp3) is 0.417. The van der Waals surface area contributed by atoms with Gasteiger partial charge in [-0.1, -0.05) is 23.7 Å². The van der Waals surface area contributed by atoms with Crippen LogP contribution in [0.3, 0.4) is 0 Å². The Labute approximate surface area is 117 Å². The number of hydrogen-bond donors (Lipinski definition) is 2. The third-order valence-corrected chi connectivity index (χ3v) is 2.90. The van der Waals surface area contributed by atoms with E-state index in [9.17, 15) is 4.79 Å². The van der Waals surface area contributed by atoms with Crippen molar-refractivity contribution in [3.63, 3.8) is 0 Å². The highest BCUT2D eigenvalue weighted by atomic mass is 35.5. The number of halogens is 2. The number of ether oxygens (including phenoxy) is 1. The minimum absolute atomic E-state index is 0. The Morgan fingerprint density at radius 2 is 2.28 bits per heavy atom. The fourth-order valence-corrected chi connectivity index (χ4v) is 1.90. The average molecular weight is 291 g/mol. The van der Waals surface area contributed by atoms with E-state index in [4.69, 9.17) is 16.3 Å². The van der Waals surface area contributed by atoms with Crippen molar-refractivity contribution in [1.29, 1.82) is 0 Å². The van der Waals surface area contributed by atoms with Crippen LogP contribution in [0.4, 0.5) is 5.69 Å². The first-order valence-electron chi connectivity index (χ1n) is 5.62. The molecule has 100 valence electrons. The number of nitrogens with one attached hydrogen (secondary N) is 2. The SMILES string of the molecule is Cl.O=C(CC1CNCCO1)Nc1ccccc1Cl. The molecule has 0 radical (unpaired) electrons. The Morgan fingerprint density at radius 1 is 1.50 bits per heavy atom. The van der Waals surface area contributed by atoms with E-state index in [0.717, 1.165) is 13.1 Å². The van der Waals surface area contributed by atoms with Gasteiger partial charge >= 0.3 is 0 Å². The lowest BCUT2D eigenvalue weighted by atomic mass is 10.2. The second kappa shape index (κ2) is 7.59. The Morgan fingerprint density at radius 3 is 2.94 bits per heavy atom. The van der Waals surface area contributed by atoms with Crippen molar-refractivity contribution in [2.24, 2.45) is 0 Å². The van der Waals surface area contributed by atoms with Crippen LogP contribution < -0.4 is 10.6 Å². The van der Waals surface area contributed by atoms with Crippen LogP contribution in [0.1, 0.15) is 6.42 Å². The third kappa shape index (κ3) is 4.46. The molecular weight excluding hydrogens is 275 g/mol. The third-order valence-electron chi connectivity index (χ3n) is 2.57. The highest BCUT2D eigenvalue weighted by molar-refractivity contribution is 6.33. The van der Waals surface area contributed by atoms with Crippen LogP contribution in [0.2, 0.25) is 5.02 Å². The summed E-state index contributed by atoms with van der Waals surface area (Å²) in [5.41, 5.74) is 0.642. The van der Waals surface area contributed by atoms with Gasteiger partial charge in [0.1, 0.15) is 0 Å². The largest absolute Gasteiger partial charge is 0.375 e. The number of rotatable bonds is 3. The van der Waals surface area contributed by atoms with Gasteiger partial charge in [-0.2, -0.15) is 0 Å². The minimum atomic E-state index is -0.0770. The molecule has 0 aliphatic carbocycles. The lowest BCUT2D eigenvalue weighted by Gasteiger charge is -2.23. The van der Waals surface area contributed by atoms with E-state index in [1.54, 1.807) is 12.1 Å². The second-order valence-electron chi connectivity index (χ2n) is 3.93. The van der Waals surface area contributed by atoms with Crippen molar-refractivity contribution >= 4 is 35.6 Å². The van der Waals surface area contributed by atoms with Crippen LogP contribution in [0, 0.1) is 0 Å². The van der Waals surface area contributed by atoms with Gasteiger partial charge in [-0.25, -0.2) is 0 Å². The van der Waals surface area contributed by atoms with E-state index in [1.165, 1.54) is 0 Å². The Bertz CT molecular complexity index is 395. The maximum Gasteiger partial charge on any atom is 0.227 e. The summed E-state index contributed by atoms with van der Waals surface area (Å²) >= 11 is 5.95. The lowest BCUT2D eigenvalue weighted by molar-refractivity contribution is -0.119. The van der Waals surface area contributed by atoms with Gasteiger partial charge in [0.2, 0.25) is 5.91 Å². The highest BCUT2D eigenvalue weighted by Gasteiger charge is 2.17. The summed E-state index contributed by atoms with van der Waals surface area (Å²) < 4.78 is 5.46. The van der Waals surface area contributed by atoms with Gasteiger partial charge in [-0.05, 0) is 12.1 Å².